The molecule has 1 aliphatic rings. The number of rotatable bonds is 13. The first kappa shape index (κ1) is 32.9. The molecule has 2 N–H and O–H groups in total. The van der Waals surface area contributed by atoms with Gasteiger partial charge < -0.3 is 24.6 Å². The molecule has 0 bridgehead atoms. The first-order chi connectivity index (χ1) is 22.4. The van der Waals surface area contributed by atoms with E-state index in [1.165, 1.54) is 4.90 Å². The van der Waals surface area contributed by atoms with Crippen LogP contribution in [-0.2, 0) is 6.42 Å². The number of imidazole rings is 1. The Morgan fingerprint density at radius 1 is 0.870 bits per heavy atom. The van der Waals surface area contributed by atoms with Gasteiger partial charge in [-0.15, -0.1) is 0 Å². The fraction of sp³-hybridized carbons (Fsp3) is 0.395. The lowest BCUT2D eigenvalue weighted by Crippen LogP contribution is -2.57. The summed E-state index contributed by atoms with van der Waals surface area (Å²) < 4.78 is 2.02. The van der Waals surface area contributed by atoms with Gasteiger partial charge in [-0.25, -0.2) is 9.78 Å². The Balaban J connectivity index is 1.63. The lowest BCUT2D eigenvalue weighted by molar-refractivity contribution is -0.0172. The third-order valence-electron chi connectivity index (χ3n) is 9.20. The number of aromatic nitrogens is 2. The Morgan fingerprint density at radius 3 is 2.04 bits per heavy atom. The van der Waals surface area contributed by atoms with Crippen LogP contribution in [0.1, 0.15) is 80.0 Å². The maximum absolute atomic E-state index is 14.7. The molecular weight excluding hydrogens is 576 g/mol. The number of hydrogen-bond donors (Lipinski definition) is 2. The molecule has 1 aliphatic heterocycles. The van der Waals surface area contributed by atoms with Crippen molar-refractivity contribution in [2.75, 3.05) is 19.6 Å². The molecule has 1 saturated heterocycles. The van der Waals surface area contributed by atoms with Crippen molar-refractivity contribution in [3.05, 3.63) is 114 Å². The van der Waals surface area contributed by atoms with Gasteiger partial charge in [-0.05, 0) is 30.4 Å². The zero-order valence-electron chi connectivity index (χ0n) is 27.0. The molecular formula is C38H46N4O4. The van der Waals surface area contributed by atoms with Crippen molar-refractivity contribution >= 4 is 12.0 Å². The van der Waals surface area contributed by atoms with Crippen molar-refractivity contribution in [2.24, 2.45) is 0 Å². The smallest absolute Gasteiger partial charge is 0.407 e. The molecule has 0 aliphatic carbocycles. The number of carbonyl (C=O) groups is 2. The Hall–Kier alpha value is -4.43. The van der Waals surface area contributed by atoms with Gasteiger partial charge >= 0.3 is 6.09 Å². The van der Waals surface area contributed by atoms with Crippen molar-refractivity contribution in [3.8, 4) is 11.3 Å². The molecule has 0 spiro atoms. The zero-order valence-corrected chi connectivity index (χ0v) is 27.0. The number of benzene rings is 3. The van der Waals surface area contributed by atoms with Crippen LogP contribution in [0, 0.1) is 0 Å². The molecule has 0 radical (unpaired) electrons. The monoisotopic (exact) mass is 622 g/mol. The third-order valence-corrected chi connectivity index (χ3v) is 9.20. The number of carbonyl (C=O) groups excluding carboxylic acids is 1. The van der Waals surface area contributed by atoms with Crippen LogP contribution in [0.25, 0.3) is 11.3 Å². The number of carboxylic acid groups (broad SMARTS) is 1. The molecule has 5 rings (SSSR count). The van der Waals surface area contributed by atoms with E-state index in [1.54, 1.807) is 11.2 Å². The maximum atomic E-state index is 14.7. The number of aliphatic hydroxyl groups is 1. The number of unbranched alkanes of at least 4 members (excludes halogenated alkanes) is 2. The van der Waals surface area contributed by atoms with Gasteiger partial charge in [0.05, 0.1) is 29.7 Å². The molecule has 4 aromatic rings. The van der Waals surface area contributed by atoms with Crippen molar-refractivity contribution in [1.82, 2.24) is 19.4 Å². The van der Waals surface area contributed by atoms with Gasteiger partial charge in [0.15, 0.2) is 5.69 Å². The summed E-state index contributed by atoms with van der Waals surface area (Å²) in [6, 6.07) is 28.9. The zero-order chi connectivity index (χ0) is 32.5. The van der Waals surface area contributed by atoms with Crippen LogP contribution in [0.3, 0.4) is 0 Å². The normalized spacial score (nSPS) is 15.9. The summed E-state index contributed by atoms with van der Waals surface area (Å²) in [4.78, 5) is 34.6. The number of hydrogen-bond acceptors (Lipinski definition) is 4. The van der Waals surface area contributed by atoms with E-state index in [9.17, 15) is 19.8 Å². The SMILES string of the molecule is CCCCC(O)(CCCC)[C@H](c1ccccc1)n1cnc(C(=O)N2CCN(C(=O)O)C[C@H]2Cc2ccccc2)c1-c1ccccc1. The first-order valence-corrected chi connectivity index (χ1v) is 16.6. The molecule has 1 fully saturated rings. The highest BCUT2D eigenvalue weighted by Gasteiger charge is 2.41. The molecule has 2 heterocycles. The van der Waals surface area contributed by atoms with E-state index >= 15 is 0 Å². The third kappa shape index (κ3) is 7.34. The van der Waals surface area contributed by atoms with Gasteiger partial charge in [0.2, 0.25) is 0 Å². The quantitative estimate of drug-likeness (QED) is 0.163. The van der Waals surface area contributed by atoms with Crippen LogP contribution in [0.4, 0.5) is 4.79 Å². The summed E-state index contributed by atoms with van der Waals surface area (Å²) in [5.74, 6) is -0.235. The molecule has 0 unspecified atom stereocenters. The van der Waals surface area contributed by atoms with Crippen LogP contribution < -0.4 is 0 Å². The Kier molecular flexibility index (Phi) is 10.9. The van der Waals surface area contributed by atoms with E-state index in [1.807, 2.05) is 95.6 Å². The van der Waals surface area contributed by atoms with E-state index in [4.69, 9.17) is 4.98 Å². The molecule has 2 amide bonds. The molecule has 8 nitrogen and oxygen atoms in total. The van der Waals surface area contributed by atoms with E-state index in [0.29, 0.717) is 30.7 Å². The molecule has 3 aromatic carbocycles. The maximum Gasteiger partial charge on any atom is 0.407 e. The Morgan fingerprint density at radius 2 is 1.46 bits per heavy atom. The standard InChI is InChI=1S/C38H46N4O4/c1-3-5-22-38(46,23-6-4-2)35(31-20-14-9-15-21-31)42-28-39-33(34(42)30-18-12-8-13-19-30)36(43)41-25-24-40(37(44)45)27-32(41)26-29-16-10-7-11-17-29/h7-21,28,32,35,46H,3-6,22-27H2,1-2H3,(H,44,45)/t32-,35+/m1/s1. The van der Waals surface area contributed by atoms with E-state index < -0.39 is 17.7 Å². The lowest BCUT2D eigenvalue weighted by atomic mass is 9.80. The minimum absolute atomic E-state index is 0.220. The summed E-state index contributed by atoms with van der Waals surface area (Å²) in [5, 5.41) is 22.4. The molecule has 46 heavy (non-hydrogen) atoms. The van der Waals surface area contributed by atoms with Crippen molar-refractivity contribution < 1.29 is 19.8 Å². The highest BCUT2D eigenvalue weighted by atomic mass is 16.4. The second-order valence-electron chi connectivity index (χ2n) is 12.4. The van der Waals surface area contributed by atoms with Crippen LogP contribution in [0.2, 0.25) is 0 Å². The molecule has 2 atom stereocenters. The molecule has 8 heteroatoms. The van der Waals surface area contributed by atoms with Gasteiger partial charge in [-0.2, -0.15) is 0 Å². The second kappa shape index (κ2) is 15.2. The predicted octanol–water partition coefficient (Wildman–Crippen LogP) is 7.30. The number of piperazine rings is 1. The molecule has 0 saturated carbocycles. The largest absolute Gasteiger partial charge is 0.465 e. The Bertz CT molecular complexity index is 1550. The predicted molar refractivity (Wildman–Crippen MR) is 181 cm³/mol. The van der Waals surface area contributed by atoms with Crippen molar-refractivity contribution in [3.63, 3.8) is 0 Å². The summed E-state index contributed by atoms with van der Waals surface area (Å²) in [6.45, 7) is 4.99. The van der Waals surface area contributed by atoms with Crippen LogP contribution in [0.5, 0.6) is 0 Å². The van der Waals surface area contributed by atoms with Crippen molar-refractivity contribution in [2.45, 2.75) is 76.5 Å². The minimum atomic E-state index is -1.07. The van der Waals surface area contributed by atoms with Gasteiger partial charge in [0.25, 0.3) is 5.91 Å². The number of amides is 2. The summed E-state index contributed by atoms with van der Waals surface area (Å²) in [6.07, 6.45) is 6.17. The second-order valence-corrected chi connectivity index (χ2v) is 12.4. The summed E-state index contributed by atoms with van der Waals surface area (Å²) >= 11 is 0. The molecule has 242 valence electrons. The van der Waals surface area contributed by atoms with Gasteiger partial charge in [-0.1, -0.05) is 131 Å². The van der Waals surface area contributed by atoms with Gasteiger partial charge in [-0.3, -0.25) is 4.79 Å². The average Bonchev–Trinajstić information content (AvgIpc) is 3.52. The van der Waals surface area contributed by atoms with E-state index in [0.717, 1.165) is 42.4 Å². The Labute approximate surface area is 272 Å². The molecule has 1 aromatic heterocycles. The highest BCUT2D eigenvalue weighted by Crippen LogP contribution is 2.41. The van der Waals surface area contributed by atoms with Crippen LogP contribution in [-0.4, -0.2) is 72.8 Å². The minimum Gasteiger partial charge on any atom is -0.465 e. The van der Waals surface area contributed by atoms with Gasteiger partial charge in [0, 0.05) is 25.2 Å². The summed E-state index contributed by atoms with van der Waals surface area (Å²) in [7, 11) is 0. The van der Waals surface area contributed by atoms with Crippen LogP contribution in [0.15, 0.2) is 97.3 Å². The average molecular weight is 623 g/mol. The summed E-state index contributed by atoms with van der Waals surface area (Å²) in [5.41, 5.74) is 2.73. The van der Waals surface area contributed by atoms with Gasteiger partial charge in [0.1, 0.15) is 0 Å². The van der Waals surface area contributed by atoms with Crippen LogP contribution >= 0.6 is 0 Å². The lowest BCUT2D eigenvalue weighted by Gasteiger charge is -2.40. The van der Waals surface area contributed by atoms with E-state index in [-0.39, 0.29) is 31.6 Å². The van der Waals surface area contributed by atoms with E-state index in [2.05, 4.69) is 13.8 Å². The topological polar surface area (TPSA) is 98.9 Å². The highest BCUT2D eigenvalue weighted by molar-refractivity contribution is 5.98. The first-order valence-electron chi connectivity index (χ1n) is 16.6. The number of nitrogens with zero attached hydrogens (tertiary/aromatic N) is 4. The fourth-order valence-electron chi connectivity index (χ4n) is 6.82. The fourth-order valence-corrected chi connectivity index (χ4v) is 6.82. The van der Waals surface area contributed by atoms with Crippen molar-refractivity contribution in [1.29, 1.82) is 0 Å².